The van der Waals surface area contributed by atoms with E-state index in [1.807, 2.05) is 25.2 Å². The Morgan fingerprint density at radius 1 is 1.26 bits per heavy atom. The lowest BCUT2D eigenvalue weighted by Crippen LogP contribution is -2.59. The van der Waals surface area contributed by atoms with Crippen LogP contribution in [0.15, 0.2) is 30.3 Å². The van der Waals surface area contributed by atoms with E-state index in [9.17, 15) is 9.59 Å². The number of rotatable bonds is 6. The van der Waals surface area contributed by atoms with Crippen LogP contribution in [0.1, 0.15) is 31.7 Å². The molecule has 0 spiro atoms. The number of amides is 3. The lowest BCUT2D eigenvalue weighted by molar-refractivity contribution is -0.138. The zero-order valence-electron chi connectivity index (χ0n) is 14.1. The van der Waals surface area contributed by atoms with E-state index in [2.05, 4.69) is 24.4 Å². The minimum atomic E-state index is -0.314. The van der Waals surface area contributed by atoms with Crippen molar-refractivity contribution < 1.29 is 9.59 Å². The molecule has 0 radical (unpaired) electrons. The molecule has 1 atom stereocenters. The highest BCUT2D eigenvalue weighted by atomic mass is 16.2. The summed E-state index contributed by atoms with van der Waals surface area (Å²) in [6.45, 7) is 3.90. The summed E-state index contributed by atoms with van der Waals surface area (Å²) in [4.78, 5) is 28.2. The van der Waals surface area contributed by atoms with Crippen LogP contribution in [-0.4, -0.2) is 54.5 Å². The smallest absolute Gasteiger partial charge is 0.318 e. The number of carbonyl (C=O) groups is 2. The van der Waals surface area contributed by atoms with Gasteiger partial charge >= 0.3 is 6.03 Å². The Morgan fingerprint density at radius 2 is 2.00 bits per heavy atom. The van der Waals surface area contributed by atoms with Crippen LogP contribution in [0, 0.1) is 0 Å². The molecule has 5 heteroatoms. The Morgan fingerprint density at radius 3 is 2.70 bits per heavy atom. The molecule has 2 rings (SSSR count). The monoisotopic (exact) mass is 317 g/mol. The molecule has 0 saturated carbocycles. The molecule has 0 bridgehead atoms. The molecule has 1 fully saturated rings. The standard InChI is InChI=1S/C18H27N3O2/c1-3-4-10-16-17(22)20(2)13-14-21(16)18(23)19-12-11-15-8-6-5-7-9-15/h5-9,16H,3-4,10-14H2,1-2H3,(H,19,23)/t16-/m1/s1. The number of unbranched alkanes of at least 4 members (excludes halogenated alkanes) is 1. The fourth-order valence-corrected chi connectivity index (χ4v) is 2.89. The fourth-order valence-electron chi connectivity index (χ4n) is 2.89. The lowest BCUT2D eigenvalue weighted by atomic mass is 10.0. The molecule has 1 saturated heterocycles. The number of piperazine rings is 1. The quantitative estimate of drug-likeness (QED) is 0.875. The molecule has 3 amide bonds. The Kier molecular flexibility index (Phi) is 6.44. The second-order valence-electron chi connectivity index (χ2n) is 6.08. The molecule has 1 aromatic carbocycles. The number of urea groups is 1. The number of hydrogen-bond donors (Lipinski definition) is 1. The number of nitrogens with one attached hydrogen (secondary N) is 1. The van der Waals surface area contributed by atoms with Crippen molar-refractivity contribution in [2.75, 3.05) is 26.7 Å². The number of hydrogen-bond acceptors (Lipinski definition) is 2. The van der Waals surface area contributed by atoms with Gasteiger partial charge < -0.3 is 15.1 Å². The van der Waals surface area contributed by atoms with Crippen molar-refractivity contribution in [1.29, 1.82) is 0 Å². The van der Waals surface area contributed by atoms with Gasteiger partial charge in [0, 0.05) is 26.7 Å². The second kappa shape index (κ2) is 8.56. The van der Waals surface area contributed by atoms with Crippen LogP contribution in [0.4, 0.5) is 4.79 Å². The zero-order chi connectivity index (χ0) is 16.7. The van der Waals surface area contributed by atoms with Crippen molar-refractivity contribution in [2.24, 2.45) is 0 Å². The molecule has 0 aliphatic carbocycles. The summed E-state index contributed by atoms with van der Waals surface area (Å²) in [5, 5.41) is 2.96. The number of carbonyl (C=O) groups excluding carboxylic acids is 2. The third-order valence-electron chi connectivity index (χ3n) is 4.34. The van der Waals surface area contributed by atoms with Crippen molar-refractivity contribution in [3.8, 4) is 0 Å². The van der Waals surface area contributed by atoms with E-state index in [4.69, 9.17) is 0 Å². The van der Waals surface area contributed by atoms with Crippen LogP contribution in [0.25, 0.3) is 0 Å². The van der Waals surface area contributed by atoms with E-state index in [0.29, 0.717) is 19.6 Å². The van der Waals surface area contributed by atoms with Crippen LogP contribution in [0.3, 0.4) is 0 Å². The molecule has 1 N–H and O–H groups in total. The van der Waals surface area contributed by atoms with Crippen molar-refractivity contribution in [1.82, 2.24) is 15.1 Å². The van der Waals surface area contributed by atoms with Gasteiger partial charge in [0.1, 0.15) is 6.04 Å². The Labute approximate surface area is 138 Å². The summed E-state index contributed by atoms with van der Waals surface area (Å²) in [7, 11) is 1.81. The van der Waals surface area contributed by atoms with Crippen molar-refractivity contribution >= 4 is 11.9 Å². The maximum absolute atomic E-state index is 12.5. The van der Waals surface area contributed by atoms with Crippen molar-refractivity contribution in [3.05, 3.63) is 35.9 Å². The van der Waals surface area contributed by atoms with Gasteiger partial charge in [-0.2, -0.15) is 0 Å². The van der Waals surface area contributed by atoms with E-state index in [1.54, 1.807) is 9.80 Å². The van der Waals surface area contributed by atoms with Gasteiger partial charge in [-0.25, -0.2) is 4.79 Å². The molecule has 126 valence electrons. The molecule has 5 nitrogen and oxygen atoms in total. The summed E-state index contributed by atoms with van der Waals surface area (Å²) < 4.78 is 0. The molecule has 0 aromatic heterocycles. The van der Waals surface area contributed by atoms with E-state index in [0.717, 1.165) is 25.7 Å². The first-order valence-corrected chi connectivity index (χ1v) is 8.47. The van der Waals surface area contributed by atoms with Gasteiger partial charge in [-0.3, -0.25) is 4.79 Å². The average Bonchev–Trinajstić information content (AvgIpc) is 2.57. The molecule has 23 heavy (non-hydrogen) atoms. The largest absolute Gasteiger partial charge is 0.342 e. The van der Waals surface area contributed by atoms with Crippen LogP contribution in [-0.2, 0) is 11.2 Å². The highest BCUT2D eigenvalue weighted by molar-refractivity contribution is 5.88. The summed E-state index contributed by atoms with van der Waals surface area (Å²) in [5.74, 6) is 0.0582. The van der Waals surface area contributed by atoms with E-state index < -0.39 is 0 Å². The summed E-state index contributed by atoms with van der Waals surface area (Å²) >= 11 is 0. The first-order chi connectivity index (χ1) is 11.1. The zero-order valence-corrected chi connectivity index (χ0v) is 14.1. The van der Waals surface area contributed by atoms with Crippen molar-refractivity contribution in [3.63, 3.8) is 0 Å². The SMILES string of the molecule is CCCC[C@@H]1C(=O)N(C)CCN1C(=O)NCCc1ccccc1. The number of nitrogens with zero attached hydrogens (tertiary/aromatic N) is 2. The Hall–Kier alpha value is -2.04. The third kappa shape index (κ3) is 4.71. The van der Waals surface area contributed by atoms with Gasteiger partial charge in [0.05, 0.1) is 0 Å². The Bertz CT molecular complexity index is 518. The number of likely N-dealkylation sites (N-methyl/N-ethyl adjacent to an activating group) is 1. The number of benzene rings is 1. The van der Waals surface area contributed by atoms with Gasteiger partial charge in [-0.05, 0) is 18.4 Å². The maximum Gasteiger partial charge on any atom is 0.318 e. The van der Waals surface area contributed by atoms with Crippen molar-refractivity contribution in [2.45, 2.75) is 38.6 Å². The predicted molar refractivity (Wildman–Crippen MR) is 91.2 cm³/mol. The molecule has 1 aliphatic rings. The van der Waals surface area contributed by atoms with Gasteiger partial charge in [-0.15, -0.1) is 0 Å². The fraction of sp³-hybridized carbons (Fsp3) is 0.556. The third-order valence-corrected chi connectivity index (χ3v) is 4.34. The minimum Gasteiger partial charge on any atom is -0.342 e. The summed E-state index contributed by atoms with van der Waals surface area (Å²) in [5.41, 5.74) is 1.20. The second-order valence-corrected chi connectivity index (χ2v) is 6.08. The van der Waals surface area contributed by atoms with Crippen LogP contribution < -0.4 is 5.32 Å². The normalized spacial score (nSPS) is 18.2. The van der Waals surface area contributed by atoms with Crippen LogP contribution in [0.2, 0.25) is 0 Å². The van der Waals surface area contributed by atoms with Gasteiger partial charge in [-0.1, -0.05) is 50.1 Å². The van der Waals surface area contributed by atoms with E-state index >= 15 is 0 Å². The molecule has 0 unspecified atom stereocenters. The molecule has 1 aromatic rings. The van der Waals surface area contributed by atoms with Gasteiger partial charge in [0.2, 0.25) is 5.91 Å². The average molecular weight is 317 g/mol. The molecular formula is C18H27N3O2. The molecular weight excluding hydrogens is 290 g/mol. The highest BCUT2D eigenvalue weighted by Crippen LogP contribution is 2.16. The van der Waals surface area contributed by atoms with Gasteiger partial charge in [0.25, 0.3) is 0 Å². The minimum absolute atomic E-state index is 0.0582. The van der Waals surface area contributed by atoms with Gasteiger partial charge in [0.15, 0.2) is 0 Å². The van der Waals surface area contributed by atoms with E-state index in [1.165, 1.54) is 5.56 Å². The first kappa shape index (κ1) is 17.3. The predicted octanol–water partition coefficient (Wildman–Crippen LogP) is 2.27. The maximum atomic E-state index is 12.5. The molecule has 1 aliphatic heterocycles. The molecule has 1 heterocycles. The lowest BCUT2D eigenvalue weighted by Gasteiger charge is -2.39. The van der Waals surface area contributed by atoms with E-state index in [-0.39, 0.29) is 18.0 Å². The highest BCUT2D eigenvalue weighted by Gasteiger charge is 2.35. The van der Waals surface area contributed by atoms with Crippen LogP contribution >= 0.6 is 0 Å². The summed E-state index contributed by atoms with van der Waals surface area (Å²) in [6.07, 6.45) is 3.52. The summed E-state index contributed by atoms with van der Waals surface area (Å²) in [6, 6.07) is 9.64. The topological polar surface area (TPSA) is 52.7 Å². The first-order valence-electron chi connectivity index (χ1n) is 8.47. The van der Waals surface area contributed by atoms with Crippen LogP contribution in [0.5, 0.6) is 0 Å². The Balaban J connectivity index is 1.89.